The van der Waals surface area contributed by atoms with Gasteiger partial charge in [-0.1, -0.05) is 36.4 Å². The molecule has 0 spiro atoms. The molecule has 0 radical (unpaired) electrons. The Morgan fingerprint density at radius 3 is 2.82 bits per heavy atom. The molecule has 1 heterocycles. The van der Waals surface area contributed by atoms with Gasteiger partial charge in [-0.25, -0.2) is 0 Å². The van der Waals surface area contributed by atoms with E-state index in [0.29, 0.717) is 0 Å². The van der Waals surface area contributed by atoms with Gasteiger partial charge in [-0.3, -0.25) is 4.98 Å². The van der Waals surface area contributed by atoms with Crippen molar-refractivity contribution in [2.24, 2.45) is 0 Å². The van der Waals surface area contributed by atoms with E-state index in [-0.39, 0.29) is 0 Å². The maximum atomic E-state index is 4.08. The van der Waals surface area contributed by atoms with Crippen molar-refractivity contribution in [1.29, 1.82) is 0 Å². The molecular weight excluding hydrogens is 228 g/mol. The van der Waals surface area contributed by atoms with Gasteiger partial charge in [-0.2, -0.15) is 0 Å². The van der Waals surface area contributed by atoms with E-state index in [4.69, 9.17) is 0 Å². The van der Waals surface area contributed by atoms with E-state index in [1.165, 1.54) is 21.3 Å². The van der Waals surface area contributed by atoms with Gasteiger partial charge in [0.15, 0.2) is 0 Å². The average Bonchev–Trinajstić information content (AvgIpc) is 2.89. The van der Waals surface area contributed by atoms with Crippen LogP contribution in [0.15, 0.2) is 54.2 Å². The van der Waals surface area contributed by atoms with E-state index >= 15 is 0 Å². The number of anilines is 1. The highest BCUT2D eigenvalue weighted by molar-refractivity contribution is 7.09. The van der Waals surface area contributed by atoms with Gasteiger partial charge in [-0.15, -0.1) is 11.3 Å². The Hall–Kier alpha value is -1.87. The Morgan fingerprint density at radius 2 is 1.94 bits per heavy atom. The van der Waals surface area contributed by atoms with Gasteiger partial charge in [-0.05, 0) is 11.5 Å². The normalized spacial score (nSPS) is 10.6. The zero-order valence-electron chi connectivity index (χ0n) is 9.26. The second-order valence-corrected chi connectivity index (χ2v) is 4.82. The van der Waals surface area contributed by atoms with Crippen LogP contribution in [0.4, 0.5) is 5.69 Å². The predicted molar refractivity (Wildman–Crippen MR) is 73.4 cm³/mol. The van der Waals surface area contributed by atoms with Crippen LogP contribution in [-0.2, 0) is 6.54 Å². The molecule has 0 fully saturated rings. The summed E-state index contributed by atoms with van der Waals surface area (Å²) in [6.45, 7) is 0.832. The van der Waals surface area contributed by atoms with Crippen molar-refractivity contribution in [2.45, 2.75) is 6.54 Å². The minimum atomic E-state index is 0.832. The van der Waals surface area contributed by atoms with Crippen LogP contribution in [0.5, 0.6) is 0 Å². The van der Waals surface area contributed by atoms with Gasteiger partial charge >= 0.3 is 0 Å². The summed E-state index contributed by atoms with van der Waals surface area (Å²) in [6.07, 6.45) is 1.91. The molecule has 3 rings (SSSR count). The van der Waals surface area contributed by atoms with Gasteiger partial charge in [0.05, 0.1) is 12.1 Å². The summed E-state index contributed by atoms with van der Waals surface area (Å²) < 4.78 is 0. The number of hydrogen-bond donors (Lipinski definition) is 1. The highest BCUT2D eigenvalue weighted by Gasteiger charge is 2.00. The zero-order valence-corrected chi connectivity index (χ0v) is 10.1. The summed E-state index contributed by atoms with van der Waals surface area (Å²) >= 11 is 1.67. The SMILES string of the molecule is c1ccc2c(NCc3cncs3)cccc2c1. The summed E-state index contributed by atoms with van der Waals surface area (Å²) in [4.78, 5) is 5.32. The summed E-state index contributed by atoms with van der Waals surface area (Å²) in [6, 6.07) is 14.7. The van der Waals surface area contributed by atoms with Gasteiger partial charge in [0.1, 0.15) is 0 Å². The van der Waals surface area contributed by atoms with Crippen LogP contribution in [0.1, 0.15) is 4.88 Å². The minimum absolute atomic E-state index is 0.832. The van der Waals surface area contributed by atoms with E-state index in [1.54, 1.807) is 11.3 Å². The summed E-state index contributed by atoms with van der Waals surface area (Å²) in [7, 11) is 0. The molecule has 0 saturated heterocycles. The van der Waals surface area contributed by atoms with Crippen LogP contribution in [0.3, 0.4) is 0 Å². The molecule has 0 saturated carbocycles. The molecule has 84 valence electrons. The Morgan fingerprint density at radius 1 is 1.06 bits per heavy atom. The number of aromatic nitrogens is 1. The van der Waals surface area contributed by atoms with Crippen molar-refractivity contribution >= 4 is 27.8 Å². The molecule has 2 aromatic carbocycles. The third-order valence-corrected chi connectivity index (χ3v) is 3.51. The molecule has 0 bridgehead atoms. The Balaban J connectivity index is 1.90. The third-order valence-electron chi connectivity index (χ3n) is 2.73. The Kier molecular flexibility index (Phi) is 2.76. The van der Waals surface area contributed by atoms with E-state index in [9.17, 15) is 0 Å². The van der Waals surface area contributed by atoms with Crippen molar-refractivity contribution in [3.05, 3.63) is 59.0 Å². The molecule has 2 nitrogen and oxygen atoms in total. The second kappa shape index (κ2) is 4.55. The highest BCUT2D eigenvalue weighted by Crippen LogP contribution is 2.23. The van der Waals surface area contributed by atoms with E-state index in [1.807, 2.05) is 11.7 Å². The van der Waals surface area contributed by atoms with Gasteiger partial charge in [0.2, 0.25) is 0 Å². The second-order valence-electron chi connectivity index (χ2n) is 3.85. The lowest BCUT2D eigenvalue weighted by Gasteiger charge is -2.08. The molecule has 1 aromatic heterocycles. The first-order valence-corrected chi connectivity index (χ1v) is 6.40. The van der Waals surface area contributed by atoms with Gasteiger partial charge in [0.25, 0.3) is 0 Å². The van der Waals surface area contributed by atoms with Crippen LogP contribution in [0, 0.1) is 0 Å². The maximum Gasteiger partial charge on any atom is 0.0794 e. The topological polar surface area (TPSA) is 24.9 Å². The first kappa shape index (κ1) is 10.3. The number of nitrogens with one attached hydrogen (secondary N) is 1. The first-order chi connectivity index (χ1) is 8.43. The van der Waals surface area contributed by atoms with Crippen LogP contribution >= 0.6 is 11.3 Å². The van der Waals surface area contributed by atoms with E-state index in [2.05, 4.69) is 52.8 Å². The first-order valence-electron chi connectivity index (χ1n) is 5.52. The van der Waals surface area contributed by atoms with Crippen molar-refractivity contribution in [2.75, 3.05) is 5.32 Å². The lowest BCUT2D eigenvalue weighted by Crippen LogP contribution is -1.97. The molecule has 3 heteroatoms. The van der Waals surface area contributed by atoms with E-state index < -0.39 is 0 Å². The average molecular weight is 240 g/mol. The molecule has 0 aliphatic carbocycles. The quantitative estimate of drug-likeness (QED) is 0.750. The van der Waals surface area contributed by atoms with Crippen molar-refractivity contribution < 1.29 is 0 Å². The molecule has 0 unspecified atom stereocenters. The number of fused-ring (bicyclic) bond motifs is 1. The largest absolute Gasteiger partial charge is 0.380 e. The van der Waals surface area contributed by atoms with Crippen LogP contribution in [-0.4, -0.2) is 4.98 Å². The molecule has 1 N–H and O–H groups in total. The highest BCUT2D eigenvalue weighted by atomic mass is 32.1. The molecule has 0 aliphatic heterocycles. The standard InChI is InChI=1S/C14H12N2S/c1-2-6-13-11(4-1)5-3-7-14(13)16-9-12-8-15-10-17-12/h1-8,10,16H,9H2. The molecule has 0 atom stereocenters. The monoisotopic (exact) mass is 240 g/mol. The smallest absolute Gasteiger partial charge is 0.0794 e. The number of nitrogens with zero attached hydrogens (tertiary/aromatic N) is 1. The molecular formula is C14H12N2S. The van der Waals surface area contributed by atoms with Gasteiger partial charge in [0, 0.05) is 22.1 Å². The Bertz CT molecular complexity index is 612. The minimum Gasteiger partial charge on any atom is -0.380 e. The number of rotatable bonds is 3. The van der Waals surface area contributed by atoms with Crippen molar-refractivity contribution in [3.63, 3.8) is 0 Å². The molecule has 17 heavy (non-hydrogen) atoms. The molecule has 3 aromatic rings. The maximum absolute atomic E-state index is 4.08. The lowest BCUT2D eigenvalue weighted by molar-refractivity contribution is 1.18. The zero-order chi connectivity index (χ0) is 11.5. The fourth-order valence-electron chi connectivity index (χ4n) is 1.89. The van der Waals surface area contributed by atoms with Crippen LogP contribution in [0.25, 0.3) is 10.8 Å². The van der Waals surface area contributed by atoms with Crippen molar-refractivity contribution in [1.82, 2.24) is 4.98 Å². The fraction of sp³-hybridized carbons (Fsp3) is 0.0714. The summed E-state index contributed by atoms with van der Waals surface area (Å²) in [5.74, 6) is 0. The molecule has 0 amide bonds. The van der Waals surface area contributed by atoms with E-state index in [0.717, 1.165) is 6.54 Å². The fourth-order valence-corrected chi connectivity index (χ4v) is 2.43. The van der Waals surface area contributed by atoms with Crippen LogP contribution in [0.2, 0.25) is 0 Å². The summed E-state index contributed by atoms with van der Waals surface area (Å²) in [5, 5.41) is 5.99. The van der Waals surface area contributed by atoms with Gasteiger partial charge < -0.3 is 5.32 Å². The third kappa shape index (κ3) is 2.15. The molecule has 0 aliphatic rings. The summed E-state index contributed by atoms with van der Waals surface area (Å²) in [5.41, 5.74) is 3.04. The van der Waals surface area contributed by atoms with Crippen LogP contribution < -0.4 is 5.32 Å². The Labute approximate surface area is 104 Å². The number of benzene rings is 2. The number of thiazole rings is 1. The number of hydrogen-bond acceptors (Lipinski definition) is 3. The predicted octanol–water partition coefficient (Wildman–Crippen LogP) is 3.91. The van der Waals surface area contributed by atoms with Crippen molar-refractivity contribution in [3.8, 4) is 0 Å². The lowest BCUT2D eigenvalue weighted by atomic mass is 10.1.